The third-order valence-corrected chi connectivity index (χ3v) is 4.46. The number of hydrogen-bond donors (Lipinski definition) is 1. The number of fused-ring (bicyclic) bond motifs is 1. The fourth-order valence-corrected chi connectivity index (χ4v) is 3.50. The van der Waals surface area contributed by atoms with Crippen molar-refractivity contribution in [3.05, 3.63) is 47.8 Å². The molecule has 1 heterocycles. The molecule has 1 unspecified atom stereocenters. The van der Waals surface area contributed by atoms with Gasteiger partial charge in [0.1, 0.15) is 0 Å². The molecule has 0 saturated heterocycles. The molecular weight excluding hydrogens is 336 g/mol. The second-order valence-corrected chi connectivity index (χ2v) is 5.77. The maximum atomic E-state index is 14.1. The summed E-state index contributed by atoms with van der Waals surface area (Å²) in [7, 11) is 1.54. The van der Waals surface area contributed by atoms with E-state index >= 15 is 0 Å². The van der Waals surface area contributed by atoms with Crippen molar-refractivity contribution >= 4 is 31.6 Å². The van der Waals surface area contributed by atoms with Gasteiger partial charge in [-0.05, 0) is 0 Å². The molecule has 1 N–H and O–H groups in total. The van der Waals surface area contributed by atoms with Crippen LogP contribution in [-0.4, -0.2) is 21.7 Å². The first-order valence-corrected chi connectivity index (χ1v) is 8.04. The summed E-state index contributed by atoms with van der Waals surface area (Å²) in [5.41, 5.74) is 3.14. The Balaban J connectivity index is 1.93. The predicted molar refractivity (Wildman–Crippen MR) is 81.4 cm³/mol. The predicted octanol–water partition coefficient (Wildman–Crippen LogP) is 4.36. The summed E-state index contributed by atoms with van der Waals surface area (Å²) in [5, 5.41) is 3.31. The molecule has 4 nitrogen and oxygen atoms in total. The first-order chi connectivity index (χ1) is 10.2. The van der Waals surface area contributed by atoms with E-state index < -0.39 is 0 Å². The number of rotatable bonds is 4. The Morgan fingerprint density at radius 1 is 1.19 bits per heavy atom. The standard InChI is InChI=1S/C15H14FN3OSe/c1-9(14-10(16)5-3-8-13(14)20-2)17-11-6-4-7-12-15(11)19-21-18-12/h3-9,17H,1-2H3. The molecular formula is C15H14FN3OSe. The van der Waals surface area contributed by atoms with Crippen LogP contribution in [0.3, 0.4) is 0 Å². The molecule has 108 valence electrons. The molecule has 1 aliphatic heterocycles. The van der Waals surface area contributed by atoms with Gasteiger partial charge in [0.15, 0.2) is 0 Å². The number of nitrogens with one attached hydrogen (secondary N) is 1. The third-order valence-electron chi connectivity index (χ3n) is 3.32. The van der Waals surface area contributed by atoms with Gasteiger partial charge in [0, 0.05) is 0 Å². The van der Waals surface area contributed by atoms with Gasteiger partial charge in [0.2, 0.25) is 0 Å². The van der Waals surface area contributed by atoms with E-state index in [0.717, 1.165) is 17.1 Å². The number of benzene rings is 2. The molecule has 0 radical (unpaired) electrons. The molecule has 2 aromatic rings. The minimum absolute atomic E-state index is 0.0843. The van der Waals surface area contributed by atoms with Crippen molar-refractivity contribution in [3.63, 3.8) is 0 Å². The fraction of sp³-hybridized carbons (Fsp3) is 0.200. The van der Waals surface area contributed by atoms with Crippen LogP contribution in [0.15, 0.2) is 44.3 Å². The van der Waals surface area contributed by atoms with E-state index in [1.54, 1.807) is 19.2 Å². The molecule has 0 fully saturated rings. The average molecular weight is 350 g/mol. The molecule has 0 bridgehead atoms. The van der Waals surface area contributed by atoms with Crippen LogP contribution in [0.5, 0.6) is 5.75 Å². The van der Waals surface area contributed by atoms with Crippen LogP contribution < -0.4 is 10.1 Å². The van der Waals surface area contributed by atoms with Gasteiger partial charge in [0.25, 0.3) is 0 Å². The van der Waals surface area contributed by atoms with Crippen LogP contribution >= 0.6 is 0 Å². The zero-order valence-corrected chi connectivity index (χ0v) is 13.3. The van der Waals surface area contributed by atoms with E-state index in [-0.39, 0.29) is 26.4 Å². The Kier molecular flexibility index (Phi) is 3.90. The van der Waals surface area contributed by atoms with Crippen molar-refractivity contribution in [2.45, 2.75) is 13.0 Å². The molecule has 0 aromatic heterocycles. The monoisotopic (exact) mass is 351 g/mol. The van der Waals surface area contributed by atoms with Crippen molar-refractivity contribution in [2.75, 3.05) is 12.4 Å². The van der Waals surface area contributed by atoms with Crippen molar-refractivity contribution in [2.24, 2.45) is 7.92 Å². The minimum atomic E-state index is -0.284. The molecule has 6 heteroatoms. The summed E-state index contributed by atoms with van der Waals surface area (Å²) >= 11 is -0.0843. The molecule has 0 spiro atoms. The molecule has 1 atom stereocenters. The molecule has 21 heavy (non-hydrogen) atoms. The van der Waals surface area contributed by atoms with Crippen LogP contribution in [0.25, 0.3) is 0 Å². The number of halogens is 1. The molecule has 1 aliphatic rings. The number of ether oxygens (including phenoxy) is 1. The first-order valence-electron chi connectivity index (χ1n) is 6.51. The van der Waals surface area contributed by atoms with Crippen LogP contribution in [0.4, 0.5) is 21.5 Å². The van der Waals surface area contributed by atoms with Crippen molar-refractivity contribution in [1.82, 2.24) is 0 Å². The number of nitrogens with zero attached hydrogens (tertiary/aromatic N) is 2. The number of hydrogen-bond acceptors (Lipinski definition) is 4. The Morgan fingerprint density at radius 2 is 2.00 bits per heavy atom. The summed E-state index contributed by atoms with van der Waals surface area (Å²) in [4.78, 5) is 0. The summed E-state index contributed by atoms with van der Waals surface area (Å²) in [6.07, 6.45) is 0. The zero-order valence-electron chi connectivity index (χ0n) is 11.6. The summed E-state index contributed by atoms with van der Waals surface area (Å²) in [5.74, 6) is 0.251. The Morgan fingerprint density at radius 3 is 2.81 bits per heavy atom. The summed E-state index contributed by atoms with van der Waals surface area (Å²) in [6.45, 7) is 1.90. The molecule has 0 saturated carbocycles. The van der Waals surface area contributed by atoms with E-state index in [4.69, 9.17) is 4.74 Å². The fourth-order valence-electron chi connectivity index (χ4n) is 2.34. The van der Waals surface area contributed by atoms with Gasteiger partial charge in [0.05, 0.1) is 0 Å². The average Bonchev–Trinajstić information content (AvgIpc) is 2.96. The quantitative estimate of drug-likeness (QED) is 0.711. The Bertz CT molecular complexity index is 757. The van der Waals surface area contributed by atoms with Gasteiger partial charge < -0.3 is 0 Å². The van der Waals surface area contributed by atoms with Gasteiger partial charge >= 0.3 is 128 Å². The SMILES string of the molecule is COc1cccc(F)c1C(C)Nc1cccc2c1N=[Se]=N2. The van der Waals surface area contributed by atoms with Crippen molar-refractivity contribution in [3.8, 4) is 5.75 Å². The van der Waals surface area contributed by atoms with Crippen LogP contribution in [0, 0.1) is 5.82 Å². The van der Waals surface area contributed by atoms with E-state index in [9.17, 15) is 4.39 Å². The Hall–Kier alpha value is -1.91. The number of methoxy groups -OCH3 is 1. The molecule has 0 amide bonds. The van der Waals surface area contributed by atoms with Crippen LogP contribution in [0.2, 0.25) is 0 Å². The third kappa shape index (κ3) is 2.64. The van der Waals surface area contributed by atoms with Crippen molar-refractivity contribution < 1.29 is 9.13 Å². The normalized spacial score (nSPS) is 13.5. The molecule has 2 aromatic carbocycles. The number of anilines is 1. The van der Waals surface area contributed by atoms with E-state index in [1.165, 1.54) is 6.07 Å². The van der Waals surface area contributed by atoms with Gasteiger partial charge in [-0.1, -0.05) is 0 Å². The summed E-state index contributed by atoms with van der Waals surface area (Å²) in [6, 6.07) is 10.4. The first kappa shape index (κ1) is 14.0. The van der Waals surface area contributed by atoms with Crippen LogP contribution in [0.1, 0.15) is 18.5 Å². The van der Waals surface area contributed by atoms with Crippen molar-refractivity contribution in [1.29, 1.82) is 0 Å². The van der Waals surface area contributed by atoms with Gasteiger partial charge in [-0.15, -0.1) is 0 Å². The molecule has 0 aliphatic carbocycles. The van der Waals surface area contributed by atoms with Crippen LogP contribution in [-0.2, 0) is 0 Å². The Labute approximate surface area is 128 Å². The van der Waals surface area contributed by atoms with E-state index in [1.807, 2.05) is 25.1 Å². The van der Waals surface area contributed by atoms with E-state index in [2.05, 4.69) is 13.2 Å². The van der Waals surface area contributed by atoms with E-state index in [0.29, 0.717) is 11.3 Å². The second kappa shape index (κ2) is 5.84. The molecule has 3 rings (SSSR count). The maximum absolute atomic E-state index is 14.1. The topological polar surface area (TPSA) is 46.0 Å². The van der Waals surface area contributed by atoms with Gasteiger partial charge in [-0.2, -0.15) is 0 Å². The zero-order chi connectivity index (χ0) is 14.8. The van der Waals surface area contributed by atoms with Gasteiger partial charge in [-0.3, -0.25) is 0 Å². The summed E-state index contributed by atoms with van der Waals surface area (Å²) < 4.78 is 28.1. The second-order valence-electron chi connectivity index (χ2n) is 4.66. The van der Waals surface area contributed by atoms with Gasteiger partial charge in [-0.25, -0.2) is 0 Å².